The summed E-state index contributed by atoms with van der Waals surface area (Å²) in [7, 11) is 0. The van der Waals surface area contributed by atoms with E-state index in [0.717, 1.165) is 29.1 Å². The van der Waals surface area contributed by atoms with Crippen LogP contribution in [0.4, 0.5) is 0 Å². The second-order valence-electron chi connectivity index (χ2n) is 4.46. The first kappa shape index (κ1) is 14.1. The van der Waals surface area contributed by atoms with Crippen LogP contribution in [0.5, 0.6) is 11.5 Å². The lowest BCUT2D eigenvalue weighted by molar-refractivity contribution is 0.479. The van der Waals surface area contributed by atoms with Crippen LogP contribution < -0.4 is 10.1 Å². The van der Waals surface area contributed by atoms with Crippen LogP contribution in [0.15, 0.2) is 46.9 Å². The topological polar surface area (TPSA) is 21.3 Å². The highest BCUT2D eigenvalue weighted by atomic mass is 79.9. The van der Waals surface area contributed by atoms with Crippen molar-refractivity contribution in [1.82, 2.24) is 5.32 Å². The zero-order valence-corrected chi connectivity index (χ0v) is 12.8. The fraction of sp³-hybridized carbons (Fsp3) is 0.250. The summed E-state index contributed by atoms with van der Waals surface area (Å²) >= 11 is 3.56. The molecular formula is C16H18BrNO. The fourth-order valence-electron chi connectivity index (χ4n) is 1.74. The first-order chi connectivity index (χ1) is 9.19. The lowest BCUT2D eigenvalue weighted by atomic mass is 10.2. The van der Waals surface area contributed by atoms with Crippen molar-refractivity contribution in [2.75, 3.05) is 6.54 Å². The molecule has 0 saturated heterocycles. The predicted octanol–water partition coefficient (Wildman–Crippen LogP) is 4.66. The minimum atomic E-state index is 0.837. The highest BCUT2D eigenvalue weighted by Gasteiger charge is 2.04. The molecule has 0 amide bonds. The van der Waals surface area contributed by atoms with Crippen LogP contribution in [-0.2, 0) is 6.54 Å². The number of ether oxygens (including phenoxy) is 1. The second kappa shape index (κ2) is 6.73. The van der Waals surface area contributed by atoms with E-state index in [1.807, 2.05) is 30.3 Å². The van der Waals surface area contributed by atoms with Crippen molar-refractivity contribution in [3.05, 3.63) is 58.1 Å². The van der Waals surface area contributed by atoms with Gasteiger partial charge in [-0.15, -0.1) is 0 Å². The SMILES string of the molecule is CCNCc1ccc(Oc2ccc(C)cc2)c(Br)c1. The van der Waals surface area contributed by atoms with Crippen LogP contribution in [-0.4, -0.2) is 6.54 Å². The molecule has 0 aliphatic carbocycles. The minimum Gasteiger partial charge on any atom is -0.456 e. The molecular weight excluding hydrogens is 302 g/mol. The Balaban J connectivity index is 2.10. The van der Waals surface area contributed by atoms with Gasteiger partial charge in [-0.1, -0.05) is 30.7 Å². The third-order valence-electron chi connectivity index (χ3n) is 2.82. The van der Waals surface area contributed by atoms with E-state index < -0.39 is 0 Å². The van der Waals surface area contributed by atoms with Crippen LogP contribution in [0, 0.1) is 6.92 Å². The normalized spacial score (nSPS) is 10.5. The predicted molar refractivity (Wildman–Crippen MR) is 82.8 cm³/mol. The van der Waals surface area contributed by atoms with E-state index in [4.69, 9.17) is 4.74 Å². The molecule has 1 N–H and O–H groups in total. The summed E-state index contributed by atoms with van der Waals surface area (Å²) in [6, 6.07) is 14.2. The molecule has 0 fully saturated rings. The molecule has 2 nitrogen and oxygen atoms in total. The Kier molecular flexibility index (Phi) is 5.00. The van der Waals surface area contributed by atoms with Gasteiger partial charge in [-0.25, -0.2) is 0 Å². The van der Waals surface area contributed by atoms with Gasteiger partial charge in [-0.05, 0) is 59.2 Å². The van der Waals surface area contributed by atoms with E-state index in [9.17, 15) is 0 Å². The number of aryl methyl sites for hydroxylation is 1. The van der Waals surface area contributed by atoms with Crippen molar-refractivity contribution < 1.29 is 4.74 Å². The zero-order valence-electron chi connectivity index (χ0n) is 11.2. The molecule has 19 heavy (non-hydrogen) atoms. The monoisotopic (exact) mass is 319 g/mol. The number of halogens is 1. The van der Waals surface area contributed by atoms with E-state index in [-0.39, 0.29) is 0 Å². The molecule has 0 aliphatic rings. The maximum atomic E-state index is 5.86. The molecule has 2 aromatic rings. The van der Waals surface area contributed by atoms with E-state index in [1.165, 1.54) is 11.1 Å². The summed E-state index contributed by atoms with van der Waals surface area (Å²) in [5, 5.41) is 3.31. The molecule has 0 atom stereocenters. The smallest absolute Gasteiger partial charge is 0.141 e. The minimum absolute atomic E-state index is 0.837. The number of nitrogens with one attached hydrogen (secondary N) is 1. The highest BCUT2D eigenvalue weighted by molar-refractivity contribution is 9.10. The van der Waals surface area contributed by atoms with Crippen LogP contribution in [0.2, 0.25) is 0 Å². The van der Waals surface area contributed by atoms with Crippen LogP contribution in [0.1, 0.15) is 18.1 Å². The lowest BCUT2D eigenvalue weighted by Gasteiger charge is -2.10. The summed E-state index contributed by atoms with van der Waals surface area (Å²) in [4.78, 5) is 0. The quantitative estimate of drug-likeness (QED) is 0.865. The Morgan fingerprint density at radius 2 is 1.84 bits per heavy atom. The summed E-state index contributed by atoms with van der Waals surface area (Å²) < 4.78 is 6.83. The number of rotatable bonds is 5. The Morgan fingerprint density at radius 1 is 1.11 bits per heavy atom. The Hall–Kier alpha value is -1.32. The van der Waals surface area contributed by atoms with Gasteiger partial charge in [0.2, 0.25) is 0 Å². The highest BCUT2D eigenvalue weighted by Crippen LogP contribution is 2.30. The second-order valence-corrected chi connectivity index (χ2v) is 5.31. The van der Waals surface area contributed by atoms with Gasteiger partial charge in [0.15, 0.2) is 0 Å². The average molecular weight is 320 g/mol. The fourth-order valence-corrected chi connectivity index (χ4v) is 2.25. The van der Waals surface area contributed by atoms with E-state index in [1.54, 1.807) is 0 Å². The van der Waals surface area contributed by atoms with E-state index in [2.05, 4.69) is 47.2 Å². The van der Waals surface area contributed by atoms with Crippen molar-refractivity contribution >= 4 is 15.9 Å². The van der Waals surface area contributed by atoms with E-state index in [0.29, 0.717) is 0 Å². The van der Waals surface area contributed by atoms with Crippen molar-refractivity contribution in [2.45, 2.75) is 20.4 Å². The third kappa shape index (κ3) is 4.08. The van der Waals surface area contributed by atoms with Gasteiger partial charge in [0.25, 0.3) is 0 Å². The molecule has 0 aromatic heterocycles. The van der Waals surface area contributed by atoms with Crippen LogP contribution in [0.3, 0.4) is 0 Å². The summed E-state index contributed by atoms with van der Waals surface area (Å²) in [5.41, 5.74) is 2.47. The van der Waals surface area contributed by atoms with Crippen molar-refractivity contribution in [3.63, 3.8) is 0 Å². The molecule has 0 spiro atoms. The van der Waals surface area contributed by atoms with Gasteiger partial charge in [-0.3, -0.25) is 0 Å². The van der Waals surface area contributed by atoms with Gasteiger partial charge < -0.3 is 10.1 Å². The largest absolute Gasteiger partial charge is 0.456 e. The number of hydrogen-bond acceptors (Lipinski definition) is 2. The molecule has 3 heteroatoms. The first-order valence-electron chi connectivity index (χ1n) is 6.42. The molecule has 0 unspecified atom stereocenters. The van der Waals surface area contributed by atoms with Crippen LogP contribution in [0.25, 0.3) is 0 Å². The van der Waals surface area contributed by atoms with Gasteiger partial charge >= 0.3 is 0 Å². The Morgan fingerprint density at radius 3 is 2.47 bits per heavy atom. The standard InChI is InChI=1S/C16H18BrNO/c1-3-18-11-13-6-9-16(15(17)10-13)19-14-7-4-12(2)5-8-14/h4-10,18H,3,11H2,1-2H3. The average Bonchev–Trinajstić information content (AvgIpc) is 2.41. The first-order valence-corrected chi connectivity index (χ1v) is 7.22. The number of hydrogen-bond donors (Lipinski definition) is 1. The summed E-state index contributed by atoms with van der Waals surface area (Å²) in [6.45, 7) is 6.01. The third-order valence-corrected chi connectivity index (χ3v) is 3.44. The van der Waals surface area contributed by atoms with Crippen molar-refractivity contribution in [3.8, 4) is 11.5 Å². The van der Waals surface area contributed by atoms with Crippen molar-refractivity contribution in [2.24, 2.45) is 0 Å². The zero-order chi connectivity index (χ0) is 13.7. The molecule has 2 aromatic carbocycles. The van der Waals surface area contributed by atoms with Gasteiger partial charge in [-0.2, -0.15) is 0 Å². The summed E-state index contributed by atoms with van der Waals surface area (Å²) in [6.07, 6.45) is 0. The lowest BCUT2D eigenvalue weighted by Crippen LogP contribution is -2.11. The van der Waals surface area contributed by atoms with Gasteiger partial charge in [0.1, 0.15) is 11.5 Å². The molecule has 0 aliphatic heterocycles. The molecule has 100 valence electrons. The maximum Gasteiger partial charge on any atom is 0.141 e. The Bertz CT molecular complexity index is 537. The van der Waals surface area contributed by atoms with Gasteiger partial charge in [0, 0.05) is 6.54 Å². The maximum absolute atomic E-state index is 5.86. The van der Waals surface area contributed by atoms with Crippen LogP contribution >= 0.6 is 15.9 Å². The van der Waals surface area contributed by atoms with E-state index >= 15 is 0 Å². The summed E-state index contributed by atoms with van der Waals surface area (Å²) in [5.74, 6) is 1.69. The number of benzene rings is 2. The molecule has 0 saturated carbocycles. The molecule has 0 radical (unpaired) electrons. The Labute approximate surface area is 122 Å². The van der Waals surface area contributed by atoms with Gasteiger partial charge in [0.05, 0.1) is 4.47 Å². The van der Waals surface area contributed by atoms with Crippen molar-refractivity contribution in [1.29, 1.82) is 0 Å². The molecule has 0 heterocycles. The molecule has 0 bridgehead atoms. The molecule has 2 rings (SSSR count).